The van der Waals surface area contributed by atoms with Crippen LogP contribution in [0.15, 0.2) is 24.3 Å². The lowest BCUT2D eigenvalue weighted by Crippen LogP contribution is -2.44. The van der Waals surface area contributed by atoms with E-state index >= 15 is 0 Å². The van der Waals surface area contributed by atoms with Gasteiger partial charge in [0.25, 0.3) is 0 Å². The molecule has 1 heterocycles. The van der Waals surface area contributed by atoms with Gasteiger partial charge < -0.3 is 10.2 Å². The minimum Gasteiger partial charge on any atom is -0.353 e. The first-order valence-electron chi connectivity index (χ1n) is 8.80. The Morgan fingerprint density at radius 3 is 2.36 bits per heavy atom. The van der Waals surface area contributed by atoms with Crippen molar-refractivity contribution in [2.75, 3.05) is 19.6 Å². The molecule has 0 aliphatic carbocycles. The van der Waals surface area contributed by atoms with Crippen LogP contribution in [0.4, 0.5) is 0 Å². The van der Waals surface area contributed by atoms with Gasteiger partial charge >= 0.3 is 0 Å². The minimum atomic E-state index is 0.202. The molecule has 3 heteroatoms. The highest BCUT2D eigenvalue weighted by molar-refractivity contribution is 5.76. The van der Waals surface area contributed by atoms with Crippen LogP contribution in [0.2, 0.25) is 0 Å². The second kappa shape index (κ2) is 8.94. The molecule has 1 aliphatic rings. The van der Waals surface area contributed by atoms with E-state index in [4.69, 9.17) is 0 Å². The van der Waals surface area contributed by atoms with Gasteiger partial charge in [0.1, 0.15) is 0 Å². The minimum absolute atomic E-state index is 0.202. The number of piperidine rings is 1. The summed E-state index contributed by atoms with van der Waals surface area (Å²) in [5, 5.41) is 3.21. The lowest BCUT2D eigenvalue weighted by molar-refractivity contribution is -0.122. The van der Waals surface area contributed by atoms with E-state index < -0.39 is 0 Å². The number of hydrogen-bond acceptors (Lipinski definition) is 2. The topological polar surface area (TPSA) is 32.3 Å². The van der Waals surface area contributed by atoms with Crippen molar-refractivity contribution in [3.63, 3.8) is 0 Å². The maximum absolute atomic E-state index is 12.1. The fourth-order valence-electron chi connectivity index (χ4n) is 3.12. The van der Waals surface area contributed by atoms with Crippen LogP contribution in [0.5, 0.6) is 0 Å². The van der Waals surface area contributed by atoms with Gasteiger partial charge in [-0.25, -0.2) is 0 Å². The highest BCUT2D eigenvalue weighted by atomic mass is 16.1. The van der Waals surface area contributed by atoms with Crippen molar-refractivity contribution in [1.29, 1.82) is 0 Å². The van der Waals surface area contributed by atoms with Gasteiger partial charge in [0.05, 0.1) is 0 Å². The van der Waals surface area contributed by atoms with Crippen LogP contribution in [-0.2, 0) is 17.6 Å². The normalized spacial score (nSPS) is 16.6. The molecular weight excluding hydrogens is 272 g/mol. The molecule has 22 heavy (non-hydrogen) atoms. The summed E-state index contributed by atoms with van der Waals surface area (Å²) < 4.78 is 0. The summed E-state index contributed by atoms with van der Waals surface area (Å²) in [6.07, 6.45) is 5.91. The summed E-state index contributed by atoms with van der Waals surface area (Å²) in [5.74, 6) is 0.202. The number of amides is 1. The Morgan fingerprint density at radius 2 is 1.77 bits per heavy atom. The molecule has 1 aliphatic heterocycles. The van der Waals surface area contributed by atoms with E-state index in [1.807, 2.05) is 0 Å². The van der Waals surface area contributed by atoms with Crippen LogP contribution in [0.25, 0.3) is 0 Å². The molecule has 1 saturated heterocycles. The van der Waals surface area contributed by atoms with Gasteiger partial charge in [0.15, 0.2) is 0 Å². The molecule has 122 valence electrons. The van der Waals surface area contributed by atoms with E-state index in [0.29, 0.717) is 12.5 Å². The highest BCUT2D eigenvalue weighted by Gasteiger charge is 2.19. The van der Waals surface area contributed by atoms with Crippen molar-refractivity contribution in [1.82, 2.24) is 10.2 Å². The summed E-state index contributed by atoms with van der Waals surface area (Å²) in [7, 11) is 0. The lowest BCUT2D eigenvalue weighted by atomic mass is 10.0. The largest absolute Gasteiger partial charge is 0.353 e. The first kappa shape index (κ1) is 17.0. The number of carbonyl (C=O) groups is 1. The molecular formula is C19H30N2O. The Morgan fingerprint density at radius 1 is 1.14 bits per heavy atom. The smallest absolute Gasteiger partial charge is 0.220 e. The standard InChI is InChI=1S/C19H30N2O/c1-3-13-21-14-11-18(12-15-21)20-19(22)10-9-17-7-5-16(4-2)6-8-17/h5-8,18H,3-4,9-15H2,1-2H3,(H,20,22). The summed E-state index contributed by atoms with van der Waals surface area (Å²) in [5.41, 5.74) is 2.61. The Balaban J connectivity index is 1.67. The molecule has 1 N–H and O–H groups in total. The third-order valence-electron chi connectivity index (χ3n) is 4.56. The Kier molecular flexibility index (Phi) is 6.91. The summed E-state index contributed by atoms with van der Waals surface area (Å²) in [4.78, 5) is 14.6. The Hall–Kier alpha value is -1.35. The number of benzene rings is 1. The molecule has 0 saturated carbocycles. The fourth-order valence-corrected chi connectivity index (χ4v) is 3.12. The van der Waals surface area contributed by atoms with E-state index in [-0.39, 0.29) is 5.91 Å². The van der Waals surface area contributed by atoms with Crippen molar-refractivity contribution in [3.05, 3.63) is 35.4 Å². The first-order chi connectivity index (χ1) is 10.7. The molecule has 0 spiro atoms. The molecule has 0 radical (unpaired) electrons. The van der Waals surface area contributed by atoms with E-state index in [1.54, 1.807) is 0 Å². The number of rotatable bonds is 7. The van der Waals surface area contributed by atoms with Crippen LogP contribution in [0.3, 0.4) is 0 Å². The molecule has 1 fully saturated rings. The molecule has 0 bridgehead atoms. The number of nitrogens with one attached hydrogen (secondary N) is 1. The average Bonchev–Trinajstić information content (AvgIpc) is 2.55. The number of likely N-dealkylation sites (tertiary alicyclic amines) is 1. The van der Waals surface area contributed by atoms with Crippen molar-refractivity contribution in [3.8, 4) is 0 Å². The van der Waals surface area contributed by atoms with E-state index in [1.165, 1.54) is 24.1 Å². The highest BCUT2D eigenvalue weighted by Crippen LogP contribution is 2.11. The molecule has 1 aromatic carbocycles. The van der Waals surface area contributed by atoms with Gasteiger partial charge in [-0.05, 0) is 49.8 Å². The van der Waals surface area contributed by atoms with Crippen LogP contribution < -0.4 is 5.32 Å². The van der Waals surface area contributed by atoms with Gasteiger partial charge in [0, 0.05) is 25.6 Å². The van der Waals surface area contributed by atoms with Crippen LogP contribution >= 0.6 is 0 Å². The average molecular weight is 302 g/mol. The van der Waals surface area contributed by atoms with Crippen LogP contribution in [-0.4, -0.2) is 36.5 Å². The van der Waals surface area contributed by atoms with E-state index in [0.717, 1.165) is 38.8 Å². The first-order valence-corrected chi connectivity index (χ1v) is 8.80. The Labute approximate surface area is 135 Å². The summed E-state index contributed by atoms with van der Waals surface area (Å²) in [6.45, 7) is 7.82. The predicted molar refractivity (Wildman–Crippen MR) is 92.0 cm³/mol. The zero-order valence-corrected chi connectivity index (χ0v) is 14.1. The van der Waals surface area contributed by atoms with Crippen molar-refractivity contribution in [2.45, 2.75) is 58.4 Å². The van der Waals surface area contributed by atoms with Crippen LogP contribution in [0, 0.1) is 0 Å². The van der Waals surface area contributed by atoms with Gasteiger partial charge in [-0.1, -0.05) is 38.1 Å². The SMILES string of the molecule is CCCN1CCC(NC(=O)CCc2ccc(CC)cc2)CC1. The zero-order valence-electron chi connectivity index (χ0n) is 14.1. The number of aryl methyl sites for hydroxylation is 2. The van der Waals surface area contributed by atoms with Gasteiger partial charge in [-0.2, -0.15) is 0 Å². The monoisotopic (exact) mass is 302 g/mol. The fraction of sp³-hybridized carbons (Fsp3) is 0.632. The third kappa shape index (κ3) is 5.45. The summed E-state index contributed by atoms with van der Waals surface area (Å²) in [6, 6.07) is 9.00. The van der Waals surface area contributed by atoms with Crippen molar-refractivity contribution in [2.24, 2.45) is 0 Å². The maximum Gasteiger partial charge on any atom is 0.220 e. The molecule has 3 nitrogen and oxygen atoms in total. The predicted octanol–water partition coefficient (Wildman–Crippen LogP) is 3.17. The van der Waals surface area contributed by atoms with Crippen molar-refractivity contribution >= 4 is 5.91 Å². The molecule has 1 amide bonds. The number of carbonyl (C=O) groups excluding carboxylic acids is 1. The number of nitrogens with zero attached hydrogens (tertiary/aromatic N) is 1. The van der Waals surface area contributed by atoms with Gasteiger partial charge in [0.2, 0.25) is 5.91 Å². The van der Waals surface area contributed by atoms with Crippen molar-refractivity contribution < 1.29 is 4.79 Å². The molecule has 2 rings (SSSR count). The molecule has 0 aromatic heterocycles. The van der Waals surface area contributed by atoms with Crippen LogP contribution in [0.1, 0.15) is 50.7 Å². The molecule has 1 aromatic rings. The second-order valence-electron chi connectivity index (χ2n) is 6.35. The molecule has 0 unspecified atom stereocenters. The van der Waals surface area contributed by atoms with Gasteiger partial charge in [-0.3, -0.25) is 4.79 Å². The van der Waals surface area contributed by atoms with Gasteiger partial charge in [-0.15, -0.1) is 0 Å². The second-order valence-corrected chi connectivity index (χ2v) is 6.35. The van der Waals surface area contributed by atoms with E-state index in [2.05, 4.69) is 48.3 Å². The zero-order chi connectivity index (χ0) is 15.8. The third-order valence-corrected chi connectivity index (χ3v) is 4.56. The number of hydrogen-bond donors (Lipinski definition) is 1. The summed E-state index contributed by atoms with van der Waals surface area (Å²) >= 11 is 0. The Bertz CT molecular complexity index is 447. The van der Waals surface area contributed by atoms with E-state index in [9.17, 15) is 4.79 Å². The lowest BCUT2D eigenvalue weighted by Gasteiger charge is -2.32. The molecule has 0 atom stereocenters. The maximum atomic E-state index is 12.1. The quantitative estimate of drug-likeness (QED) is 0.839.